The van der Waals surface area contributed by atoms with E-state index in [4.69, 9.17) is 4.84 Å². The van der Waals surface area contributed by atoms with Gasteiger partial charge in [-0.25, -0.2) is 0 Å². The van der Waals surface area contributed by atoms with Crippen molar-refractivity contribution in [2.24, 2.45) is 5.92 Å². The highest BCUT2D eigenvalue weighted by atomic mass is 16.7. The highest BCUT2D eigenvalue weighted by Crippen LogP contribution is 1.87. The van der Waals surface area contributed by atoms with Crippen LogP contribution in [-0.2, 0) is 0 Å². The summed E-state index contributed by atoms with van der Waals surface area (Å²) in [5.74, 6) is 0.478. The quantitative estimate of drug-likeness (QED) is 0.584. The zero-order chi connectivity index (χ0) is 7.40. The fourth-order valence-electron chi connectivity index (χ4n) is 0.433. The molecule has 0 saturated carbocycles. The number of nitrogens with zero attached hydrogens (tertiary/aromatic N) is 4. The summed E-state index contributed by atoms with van der Waals surface area (Å²) in [6.45, 7) is 4.71. The summed E-state index contributed by atoms with van der Waals surface area (Å²) in [5.41, 5.74) is 0. The van der Waals surface area contributed by atoms with Gasteiger partial charge in [-0.2, -0.15) is 0 Å². The van der Waals surface area contributed by atoms with E-state index >= 15 is 0 Å². The average molecular weight is 142 g/mol. The molecule has 1 rings (SSSR count). The number of rotatable bonds is 3. The molecule has 1 aromatic rings. The fourth-order valence-corrected chi connectivity index (χ4v) is 0.433. The Bertz CT molecular complexity index is 172. The van der Waals surface area contributed by atoms with Crippen molar-refractivity contribution >= 4 is 0 Å². The molecule has 1 aromatic heterocycles. The van der Waals surface area contributed by atoms with Gasteiger partial charge in [0.1, 0.15) is 6.61 Å². The van der Waals surface area contributed by atoms with Gasteiger partial charge in [-0.1, -0.05) is 13.8 Å². The molecule has 0 atom stereocenters. The molecule has 0 unspecified atom stereocenters. The van der Waals surface area contributed by atoms with Crippen LogP contribution in [0.25, 0.3) is 0 Å². The Kier molecular flexibility index (Phi) is 2.20. The average Bonchev–Trinajstić information content (AvgIpc) is 2.34. The molecule has 0 fully saturated rings. The van der Waals surface area contributed by atoms with E-state index in [1.165, 1.54) is 6.33 Å². The summed E-state index contributed by atoms with van der Waals surface area (Å²) in [5, 5.41) is 10.7. The van der Waals surface area contributed by atoms with Crippen molar-refractivity contribution in [3.63, 3.8) is 0 Å². The maximum Gasteiger partial charge on any atom is 0.165 e. The largest absolute Gasteiger partial charge is 0.380 e. The van der Waals surface area contributed by atoms with Gasteiger partial charge in [0.2, 0.25) is 0 Å². The van der Waals surface area contributed by atoms with Crippen molar-refractivity contribution in [1.82, 2.24) is 20.4 Å². The van der Waals surface area contributed by atoms with Gasteiger partial charge >= 0.3 is 0 Å². The Hall–Kier alpha value is -1.13. The van der Waals surface area contributed by atoms with E-state index in [9.17, 15) is 0 Å². The van der Waals surface area contributed by atoms with Crippen molar-refractivity contribution in [2.45, 2.75) is 13.8 Å². The Balaban J connectivity index is 2.28. The monoisotopic (exact) mass is 142 g/mol. The van der Waals surface area contributed by atoms with Crippen LogP contribution in [0.1, 0.15) is 13.8 Å². The zero-order valence-corrected chi connectivity index (χ0v) is 6.06. The van der Waals surface area contributed by atoms with Crippen molar-refractivity contribution in [2.75, 3.05) is 6.61 Å². The van der Waals surface area contributed by atoms with Gasteiger partial charge < -0.3 is 4.84 Å². The highest BCUT2D eigenvalue weighted by Gasteiger charge is 1.95. The molecule has 0 aliphatic carbocycles. The van der Waals surface area contributed by atoms with E-state index in [0.717, 1.165) is 4.96 Å². The van der Waals surface area contributed by atoms with Gasteiger partial charge in [-0.15, -0.1) is 10.2 Å². The first-order valence-corrected chi connectivity index (χ1v) is 3.15. The third-order valence-corrected chi connectivity index (χ3v) is 0.854. The lowest BCUT2D eigenvalue weighted by Gasteiger charge is -2.03. The molecule has 0 radical (unpaired) electrons. The van der Waals surface area contributed by atoms with E-state index in [1.807, 2.05) is 0 Å². The summed E-state index contributed by atoms with van der Waals surface area (Å²) in [7, 11) is 0. The standard InChI is InChI=1S/C5H10N4O/c1-5(2)3-10-9-7-4-6-8-9/h4-5H,3H2,1-2H3. The summed E-state index contributed by atoms with van der Waals surface area (Å²) >= 11 is 0. The summed E-state index contributed by atoms with van der Waals surface area (Å²) in [4.78, 5) is 6.15. The van der Waals surface area contributed by atoms with Crippen LogP contribution < -0.4 is 4.84 Å². The van der Waals surface area contributed by atoms with E-state index < -0.39 is 0 Å². The van der Waals surface area contributed by atoms with Gasteiger partial charge in [0.05, 0.1) is 0 Å². The van der Waals surface area contributed by atoms with E-state index in [2.05, 4.69) is 29.3 Å². The van der Waals surface area contributed by atoms with Crippen LogP contribution in [0.2, 0.25) is 0 Å². The van der Waals surface area contributed by atoms with Crippen LogP contribution in [0, 0.1) is 5.92 Å². The third-order valence-electron chi connectivity index (χ3n) is 0.854. The molecule has 5 nitrogen and oxygen atoms in total. The maximum atomic E-state index is 5.04. The van der Waals surface area contributed by atoms with Gasteiger partial charge in [-0.05, 0) is 11.1 Å². The highest BCUT2D eigenvalue weighted by molar-refractivity contribution is 4.38. The van der Waals surface area contributed by atoms with E-state index in [1.54, 1.807) is 0 Å². The smallest absolute Gasteiger partial charge is 0.165 e. The summed E-state index contributed by atoms with van der Waals surface area (Å²) < 4.78 is 0. The molecule has 0 aliphatic heterocycles. The van der Waals surface area contributed by atoms with Crippen molar-refractivity contribution in [3.05, 3.63) is 6.33 Å². The molecular weight excluding hydrogens is 132 g/mol. The molecular formula is C5H10N4O. The maximum absolute atomic E-state index is 5.04. The molecule has 0 amide bonds. The third kappa shape index (κ3) is 2.00. The topological polar surface area (TPSA) is 52.8 Å². The Morgan fingerprint density at radius 1 is 1.60 bits per heavy atom. The second kappa shape index (κ2) is 3.14. The minimum Gasteiger partial charge on any atom is -0.380 e. The normalized spacial score (nSPS) is 10.3. The summed E-state index contributed by atoms with van der Waals surface area (Å²) in [6.07, 6.45) is 1.33. The molecule has 1 heterocycles. The Morgan fingerprint density at radius 2 is 2.40 bits per heavy atom. The van der Waals surface area contributed by atoms with Crippen molar-refractivity contribution in [1.29, 1.82) is 0 Å². The molecule has 0 N–H and O–H groups in total. The lowest BCUT2D eigenvalue weighted by atomic mass is 10.2. The van der Waals surface area contributed by atoms with Crippen LogP contribution >= 0.6 is 0 Å². The minimum atomic E-state index is 0.478. The van der Waals surface area contributed by atoms with Crippen LogP contribution in [0.5, 0.6) is 0 Å². The number of tetrazole rings is 1. The molecule has 0 aliphatic rings. The molecule has 0 spiro atoms. The fraction of sp³-hybridized carbons (Fsp3) is 0.800. The van der Waals surface area contributed by atoms with Crippen molar-refractivity contribution < 1.29 is 4.84 Å². The second-order valence-corrected chi connectivity index (χ2v) is 2.38. The molecule has 5 heteroatoms. The Labute approximate surface area is 58.9 Å². The predicted octanol–water partition coefficient (Wildman–Crippen LogP) is -0.242. The molecule has 56 valence electrons. The van der Waals surface area contributed by atoms with E-state index in [-0.39, 0.29) is 0 Å². The number of aromatic nitrogens is 4. The first-order chi connectivity index (χ1) is 4.79. The van der Waals surface area contributed by atoms with Crippen LogP contribution in [-0.4, -0.2) is 27.0 Å². The molecule has 0 saturated heterocycles. The van der Waals surface area contributed by atoms with Crippen molar-refractivity contribution in [3.8, 4) is 0 Å². The first kappa shape index (κ1) is 6.98. The minimum absolute atomic E-state index is 0.478. The van der Waals surface area contributed by atoms with Crippen LogP contribution in [0.4, 0.5) is 0 Å². The van der Waals surface area contributed by atoms with Gasteiger partial charge in [-0.3, -0.25) is 0 Å². The zero-order valence-electron chi connectivity index (χ0n) is 6.06. The first-order valence-electron chi connectivity index (χ1n) is 3.15. The SMILES string of the molecule is CC(C)COn1ncnn1. The molecule has 0 bridgehead atoms. The molecule has 10 heavy (non-hydrogen) atoms. The second-order valence-electron chi connectivity index (χ2n) is 2.38. The summed E-state index contributed by atoms with van der Waals surface area (Å²) in [6, 6.07) is 0. The van der Waals surface area contributed by atoms with Crippen LogP contribution in [0.3, 0.4) is 0 Å². The van der Waals surface area contributed by atoms with Gasteiger partial charge in [0.15, 0.2) is 6.33 Å². The van der Waals surface area contributed by atoms with Crippen LogP contribution in [0.15, 0.2) is 6.33 Å². The van der Waals surface area contributed by atoms with E-state index in [0.29, 0.717) is 12.5 Å². The number of hydrogen-bond donors (Lipinski definition) is 0. The predicted molar refractivity (Wildman–Crippen MR) is 34.1 cm³/mol. The van der Waals surface area contributed by atoms with Gasteiger partial charge in [0, 0.05) is 4.96 Å². The van der Waals surface area contributed by atoms with Gasteiger partial charge in [0.25, 0.3) is 0 Å². The molecule has 0 aromatic carbocycles. The lowest BCUT2D eigenvalue weighted by molar-refractivity contribution is 0.0342. The number of hydrogen-bond acceptors (Lipinski definition) is 4. The Morgan fingerprint density at radius 3 is 2.90 bits per heavy atom. The lowest BCUT2D eigenvalue weighted by Crippen LogP contribution is -2.19.